The number of benzene rings is 1. The maximum atomic E-state index is 13.2. The van der Waals surface area contributed by atoms with Crippen LogP contribution in [0.3, 0.4) is 0 Å². The van der Waals surface area contributed by atoms with Gasteiger partial charge in [-0.1, -0.05) is 6.07 Å². The maximum absolute atomic E-state index is 13.2. The molecular weight excluding hydrogens is 337 g/mol. The van der Waals surface area contributed by atoms with Crippen molar-refractivity contribution in [1.82, 2.24) is 15.5 Å². The minimum atomic E-state index is -0.304. The molecule has 0 spiro atoms. The van der Waals surface area contributed by atoms with Crippen LogP contribution >= 0.6 is 0 Å². The van der Waals surface area contributed by atoms with Crippen molar-refractivity contribution in [3.8, 4) is 5.75 Å². The van der Waals surface area contributed by atoms with Gasteiger partial charge in [-0.3, -0.25) is 9.69 Å². The highest BCUT2D eigenvalue weighted by molar-refractivity contribution is 5.79. The Labute approximate surface area is 154 Å². The first kappa shape index (κ1) is 19.1. The number of carbonyl (C=O) groups excluding carboxylic acids is 1. The summed E-state index contributed by atoms with van der Waals surface area (Å²) in [7, 11) is 0. The molecule has 2 fully saturated rings. The van der Waals surface area contributed by atoms with Crippen LogP contribution in [0.25, 0.3) is 0 Å². The molecule has 0 saturated carbocycles. The van der Waals surface area contributed by atoms with Gasteiger partial charge in [0.15, 0.2) is 0 Å². The van der Waals surface area contributed by atoms with Crippen LogP contribution in [-0.4, -0.2) is 69.9 Å². The van der Waals surface area contributed by atoms with Crippen molar-refractivity contribution < 1.29 is 18.7 Å². The van der Waals surface area contributed by atoms with E-state index in [1.807, 2.05) is 0 Å². The van der Waals surface area contributed by atoms with E-state index < -0.39 is 0 Å². The highest BCUT2D eigenvalue weighted by Gasteiger charge is 2.27. The summed E-state index contributed by atoms with van der Waals surface area (Å²) in [6, 6.07) is 6.15. The van der Waals surface area contributed by atoms with Crippen molar-refractivity contribution >= 4 is 5.91 Å². The lowest BCUT2D eigenvalue weighted by Gasteiger charge is -2.30. The van der Waals surface area contributed by atoms with E-state index in [0.29, 0.717) is 25.4 Å². The number of nitrogens with zero attached hydrogens (tertiary/aromatic N) is 1. The Balaban J connectivity index is 1.37. The van der Waals surface area contributed by atoms with Gasteiger partial charge in [0.25, 0.3) is 0 Å². The molecule has 2 saturated heterocycles. The van der Waals surface area contributed by atoms with Crippen molar-refractivity contribution in [3.63, 3.8) is 0 Å². The molecule has 6 nitrogen and oxygen atoms in total. The maximum Gasteiger partial charge on any atom is 0.224 e. The van der Waals surface area contributed by atoms with Crippen molar-refractivity contribution in [2.24, 2.45) is 11.8 Å². The highest BCUT2D eigenvalue weighted by Crippen LogP contribution is 2.19. The predicted octanol–water partition coefficient (Wildman–Crippen LogP) is 0.879. The molecule has 0 aliphatic carbocycles. The van der Waals surface area contributed by atoms with E-state index >= 15 is 0 Å². The topological polar surface area (TPSA) is 62.8 Å². The fourth-order valence-electron chi connectivity index (χ4n) is 3.43. The fraction of sp³-hybridized carbons (Fsp3) is 0.632. The van der Waals surface area contributed by atoms with E-state index in [4.69, 9.17) is 9.47 Å². The molecule has 3 rings (SSSR count). The first-order valence-electron chi connectivity index (χ1n) is 9.37. The van der Waals surface area contributed by atoms with Gasteiger partial charge < -0.3 is 20.1 Å². The zero-order chi connectivity index (χ0) is 18.2. The molecule has 1 aromatic carbocycles. The monoisotopic (exact) mass is 365 g/mol. The number of piperidine rings is 1. The number of rotatable bonds is 7. The average Bonchev–Trinajstić information content (AvgIpc) is 2.67. The zero-order valence-electron chi connectivity index (χ0n) is 15.1. The van der Waals surface area contributed by atoms with Gasteiger partial charge in [0.1, 0.15) is 11.6 Å². The van der Waals surface area contributed by atoms with Gasteiger partial charge >= 0.3 is 0 Å². The summed E-state index contributed by atoms with van der Waals surface area (Å²) in [5.74, 6) is 0.515. The van der Waals surface area contributed by atoms with E-state index in [2.05, 4.69) is 15.5 Å². The molecule has 0 radical (unpaired) electrons. The molecule has 2 heterocycles. The number of amides is 1. The van der Waals surface area contributed by atoms with E-state index in [1.54, 1.807) is 12.1 Å². The van der Waals surface area contributed by atoms with E-state index in [0.717, 1.165) is 45.8 Å². The Morgan fingerprint density at radius 2 is 2.19 bits per heavy atom. The van der Waals surface area contributed by atoms with Gasteiger partial charge in [-0.2, -0.15) is 0 Å². The first-order chi connectivity index (χ1) is 12.7. The molecule has 7 heteroatoms. The van der Waals surface area contributed by atoms with Crippen LogP contribution in [0.2, 0.25) is 0 Å². The zero-order valence-corrected chi connectivity index (χ0v) is 15.1. The molecule has 2 atom stereocenters. The van der Waals surface area contributed by atoms with Crippen LogP contribution in [0.5, 0.6) is 5.75 Å². The molecule has 144 valence electrons. The molecule has 0 aromatic heterocycles. The van der Waals surface area contributed by atoms with Gasteiger partial charge in [-0.15, -0.1) is 0 Å². The van der Waals surface area contributed by atoms with Crippen molar-refractivity contribution in [3.05, 3.63) is 30.1 Å². The van der Waals surface area contributed by atoms with Crippen LogP contribution < -0.4 is 15.4 Å². The second kappa shape index (κ2) is 9.85. The lowest BCUT2D eigenvalue weighted by Crippen LogP contribution is -2.47. The second-order valence-electron chi connectivity index (χ2n) is 6.97. The van der Waals surface area contributed by atoms with Gasteiger partial charge in [-0.25, -0.2) is 4.39 Å². The third-order valence-electron chi connectivity index (χ3n) is 4.93. The largest absolute Gasteiger partial charge is 0.493 e. The normalized spacial score (nSPS) is 24.2. The molecule has 1 aromatic rings. The molecule has 2 aliphatic heterocycles. The summed E-state index contributed by atoms with van der Waals surface area (Å²) in [4.78, 5) is 14.7. The van der Waals surface area contributed by atoms with Crippen molar-refractivity contribution in [2.45, 2.75) is 6.42 Å². The van der Waals surface area contributed by atoms with Crippen LogP contribution in [0.4, 0.5) is 4.39 Å². The van der Waals surface area contributed by atoms with Crippen LogP contribution in [0.1, 0.15) is 6.42 Å². The third-order valence-corrected chi connectivity index (χ3v) is 4.93. The number of hydrogen-bond donors (Lipinski definition) is 2. The number of morpholine rings is 1. The fourth-order valence-corrected chi connectivity index (χ4v) is 3.43. The summed E-state index contributed by atoms with van der Waals surface area (Å²) >= 11 is 0. The number of hydrogen-bond acceptors (Lipinski definition) is 5. The molecule has 0 bridgehead atoms. The summed E-state index contributed by atoms with van der Waals surface area (Å²) < 4.78 is 24.2. The molecule has 2 N–H and O–H groups in total. The van der Waals surface area contributed by atoms with Gasteiger partial charge in [0.2, 0.25) is 5.91 Å². The van der Waals surface area contributed by atoms with Crippen LogP contribution in [0.15, 0.2) is 24.3 Å². The lowest BCUT2D eigenvalue weighted by atomic mass is 9.90. The second-order valence-corrected chi connectivity index (χ2v) is 6.97. The standard InChI is InChI=1S/C19H28FN3O3/c20-17-2-1-3-18(11-17)26-14-15-10-16(13-21-12-15)19(24)22-4-5-23-6-8-25-9-7-23/h1-3,11,15-16,21H,4-10,12-14H2,(H,22,24)/t15-,16+/m0/s1. The molecule has 2 aliphatic rings. The van der Waals surface area contributed by atoms with Crippen molar-refractivity contribution in [2.75, 3.05) is 59.1 Å². The minimum absolute atomic E-state index is 0.0467. The molecule has 1 amide bonds. The Kier molecular flexibility index (Phi) is 7.22. The summed E-state index contributed by atoms with van der Waals surface area (Å²) in [6.45, 7) is 6.92. The molecular formula is C19H28FN3O3. The minimum Gasteiger partial charge on any atom is -0.493 e. The van der Waals surface area contributed by atoms with E-state index in [1.165, 1.54) is 12.1 Å². The van der Waals surface area contributed by atoms with E-state index in [9.17, 15) is 9.18 Å². The lowest BCUT2D eigenvalue weighted by molar-refractivity contribution is -0.126. The average molecular weight is 365 g/mol. The van der Waals surface area contributed by atoms with Crippen LogP contribution in [0, 0.1) is 17.7 Å². The van der Waals surface area contributed by atoms with Gasteiger partial charge in [-0.05, 0) is 18.6 Å². The van der Waals surface area contributed by atoms with Crippen molar-refractivity contribution in [1.29, 1.82) is 0 Å². The SMILES string of the molecule is O=C(NCCN1CCOCC1)[C@H]1CNC[C@@H](COc2cccc(F)c2)C1. The smallest absolute Gasteiger partial charge is 0.224 e. The predicted molar refractivity (Wildman–Crippen MR) is 96.6 cm³/mol. The quantitative estimate of drug-likeness (QED) is 0.751. The summed E-state index contributed by atoms with van der Waals surface area (Å²) in [6.07, 6.45) is 0.783. The number of nitrogens with one attached hydrogen (secondary N) is 2. The Bertz CT molecular complexity index is 581. The first-order valence-corrected chi connectivity index (χ1v) is 9.37. The van der Waals surface area contributed by atoms with E-state index in [-0.39, 0.29) is 23.6 Å². The summed E-state index contributed by atoms with van der Waals surface area (Å²) in [5, 5.41) is 6.36. The highest BCUT2D eigenvalue weighted by atomic mass is 19.1. The Morgan fingerprint density at radius 3 is 3.00 bits per heavy atom. The number of carbonyl (C=O) groups is 1. The van der Waals surface area contributed by atoms with Gasteiger partial charge in [0, 0.05) is 51.3 Å². The Morgan fingerprint density at radius 1 is 1.35 bits per heavy atom. The number of ether oxygens (including phenoxy) is 2. The Hall–Kier alpha value is -1.70. The van der Waals surface area contributed by atoms with Gasteiger partial charge in [0.05, 0.1) is 25.7 Å². The number of halogens is 1. The van der Waals surface area contributed by atoms with Crippen LogP contribution in [-0.2, 0) is 9.53 Å². The summed E-state index contributed by atoms with van der Waals surface area (Å²) in [5.41, 5.74) is 0. The third kappa shape index (κ3) is 5.93. The molecule has 0 unspecified atom stereocenters. The molecule has 26 heavy (non-hydrogen) atoms.